The molecular weight excluding hydrogens is 539 g/mol. The molecule has 0 atom stereocenters. The van der Waals surface area contributed by atoms with Gasteiger partial charge in [0.25, 0.3) is 0 Å². The van der Waals surface area contributed by atoms with Gasteiger partial charge < -0.3 is 18.6 Å². The minimum Gasteiger partial charge on any atom is -0.605 e. The molecule has 0 radical (unpaired) electrons. The Morgan fingerprint density at radius 2 is 0.605 bits per heavy atom. The van der Waals surface area contributed by atoms with Gasteiger partial charge in [0.1, 0.15) is 0 Å². The highest BCUT2D eigenvalue weighted by Gasteiger charge is 2.68. The molecule has 2 aliphatic heterocycles. The minimum atomic E-state index is -3.24. The summed E-state index contributed by atoms with van der Waals surface area (Å²) < 4.78 is 24.2. The molecule has 0 N–H and O–H groups in total. The SMILES string of the molecule is CC.CC.CC.CC.O=C1O[B-]2(OC(=O)C(c3ccccc3)(c3ccccc3)O2)OC1(c1ccccc1)c1ccccc1. The zero-order valence-corrected chi connectivity index (χ0v) is 26.6. The zero-order chi connectivity index (χ0) is 31.9. The van der Waals surface area contributed by atoms with E-state index in [1.54, 1.807) is 97.1 Å². The smallest absolute Gasteiger partial charge is 0.605 e. The molecule has 0 aliphatic carbocycles. The lowest BCUT2D eigenvalue weighted by Crippen LogP contribution is -2.45. The topological polar surface area (TPSA) is 71.1 Å². The van der Waals surface area contributed by atoms with Gasteiger partial charge >= 0.3 is 18.9 Å². The monoisotopic (exact) mass is 583 g/mol. The number of hydrogen-bond acceptors (Lipinski definition) is 6. The average Bonchev–Trinajstić information content (AvgIpc) is 3.57. The zero-order valence-electron chi connectivity index (χ0n) is 26.6. The molecule has 0 saturated carbocycles. The molecule has 0 unspecified atom stereocenters. The minimum absolute atomic E-state index is 0.534. The predicted octanol–water partition coefficient (Wildman–Crippen LogP) is 8.56. The van der Waals surface area contributed by atoms with E-state index < -0.39 is 30.1 Å². The van der Waals surface area contributed by atoms with E-state index in [-0.39, 0.29) is 0 Å². The summed E-state index contributed by atoms with van der Waals surface area (Å²) in [5.74, 6) is -1.45. The van der Waals surface area contributed by atoms with E-state index in [1.165, 1.54) is 0 Å². The maximum atomic E-state index is 13.6. The normalized spacial score (nSPS) is 16.3. The van der Waals surface area contributed by atoms with E-state index in [4.69, 9.17) is 18.6 Å². The summed E-state index contributed by atoms with van der Waals surface area (Å²) in [6, 6.07) is 35.9. The fourth-order valence-corrected chi connectivity index (χ4v) is 4.87. The molecule has 2 saturated heterocycles. The summed E-state index contributed by atoms with van der Waals surface area (Å²) in [5, 5.41) is 0. The van der Waals surface area contributed by atoms with Crippen molar-refractivity contribution in [2.45, 2.75) is 66.6 Å². The Kier molecular flexibility index (Phi) is 13.4. The number of rotatable bonds is 4. The fraction of sp³-hybridized carbons (Fsp3) is 0.278. The Labute approximate surface area is 257 Å². The first-order valence-corrected chi connectivity index (χ1v) is 15.3. The van der Waals surface area contributed by atoms with Gasteiger partial charge in [-0.25, -0.2) is 0 Å². The van der Waals surface area contributed by atoms with Crippen LogP contribution in [0.1, 0.15) is 77.6 Å². The maximum absolute atomic E-state index is 13.6. The first kappa shape index (κ1) is 35.0. The van der Waals surface area contributed by atoms with Crippen molar-refractivity contribution in [2.75, 3.05) is 0 Å². The quantitative estimate of drug-likeness (QED) is 0.224. The van der Waals surface area contributed by atoms with Gasteiger partial charge in [0.05, 0.1) is 0 Å². The van der Waals surface area contributed by atoms with Crippen LogP contribution < -0.4 is 0 Å². The summed E-state index contributed by atoms with van der Waals surface area (Å²) in [5.41, 5.74) is -1.21. The molecule has 0 bridgehead atoms. The Morgan fingerprint density at radius 3 is 0.814 bits per heavy atom. The summed E-state index contributed by atoms with van der Waals surface area (Å²) in [7, 11) is 0. The molecule has 0 amide bonds. The van der Waals surface area contributed by atoms with Crippen molar-refractivity contribution in [3.63, 3.8) is 0 Å². The Bertz CT molecular complexity index is 1190. The Morgan fingerprint density at radius 1 is 0.395 bits per heavy atom. The van der Waals surface area contributed by atoms with E-state index in [0.717, 1.165) is 0 Å². The van der Waals surface area contributed by atoms with Crippen LogP contribution in [0.15, 0.2) is 121 Å². The first-order chi connectivity index (χ1) is 21.1. The fourth-order valence-electron chi connectivity index (χ4n) is 4.87. The third-order valence-corrected chi connectivity index (χ3v) is 6.44. The van der Waals surface area contributed by atoms with Crippen LogP contribution in [-0.2, 0) is 39.4 Å². The van der Waals surface area contributed by atoms with Crippen molar-refractivity contribution in [1.29, 1.82) is 0 Å². The highest BCUT2D eigenvalue weighted by atomic mass is 16.9. The second-order valence-electron chi connectivity index (χ2n) is 8.45. The average molecular weight is 584 g/mol. The summed E-state index contributed by atoms with van der Waals surface area (Å²) >= 11 is 0. The first-order valence-electron chi connectivity index (χ1n) is 15.3. The van der Waals surface area contributed by atoms with Crippen LogP contribution in [0.4, 0.5) is 0 Å². The molecule has 2 fully saturated rings. The predicted molar refractivity (Wildman–Crippen MR) is 173 cm³/mol. The van der Waals surface area contributed by atoms with Crippen LogP contribution >= 0.6 is 0 Å². The van der Waals surface area contributed by atoms with E-state index in [9.17, 15) is 9.59 Å². The van der Waals surface area contributed by atoms with Crippen molar-refractivity contribution in [2.24, 2.45) is 0 Å². The maximum Gasteiger partial charge on any atom is 0.658 e. The number of carbonyl (C=O) groups excluding carboxylic acids is 2. The van der Waals surface area contributed by atoms with Crippen molar-refractivity contribution >= 4 is 18.9 Å². The molecular formula is C36H44BO6-. The van der Waals surface area contributed by atoms with Crippen LogP contribution in [0.5, 0.6) is 0 Å². The van der Waals surface area contributed by atoms with Crippen molar-refractivity contribution < 1.29 is 28.2 Å². The van der Waals surface area contributed by atoms with Crippen LogP contribution in [0.2, 0.25) is 0 Å². The van der Waals surface area contributed by atoms with Gasteiger partial charge in [-0.15, -0.1) is 0 Å². The number of hydrogen-bond donors (Lipinski definition) is 0. The van der Waals surface area contributed by atoms with Crippen LogP contribution in [0, 0.1) is 0 Å². The van der Waals surface area contributed by atoms with Crippen molar-refractivity contribution in [1.82, 2.24) is 0 Å². The van der Waals surface area contributed by atoms with Gasteiger partial charge in [0.15, 0.2) is 11.2 Å². The summed E-state index contributed by atoms with van der Waals surface area (Å²) in [6.07, 6.45) is 0. The van der Waals surface area contributed by atoms with Crippen molar-refractivity contribution in [3.05, 3.63) is 144 Å². The van der Waals surface area contributed by atoms with Gasteiger partial charge in [0.2, 0.25) is 0 Å². The van der Waals surface area contributed by atoms with Crippen LogP contribution in [0.25, 0.3) is 0 Å². The number of carbonyl (C=O) groups is 2. The van der Waals surface area contributed by atoms with Gasteiger partial charge in [-0.05, 0) is 22.3 Å². The number of benzene rings is 4. The lowest BCUT2D eigenvalue weighted by molar-refractivity contribution is -0.141. The largest absolute Gasteiger partial charge is 0.658 e. The lowest BCUT2D eigenvalue weighted by Gasteiger charge is -2.35. The highest BCUT2D eigenvalue weighted by Crippen LogP contribution is 2.51. The molecule has 6 rings (SSSR count). The molecule has 4 aromatic carbocycles. The molecule has 2 aliphatic rings. The Balaban J connectivity index is 0.000000748. The molecule has 6 nitrogen and oxygen atoms in total. The van der Waals surface area contributed by atoms with Gasteiger partial charge in [-0.2, -0.15) is 0 Å². The second-order valence-corrected chi connectivity index (χ2v) is 8.45. The molecule has 1 spiro atoms. The molecule has 2 heterocycles. The lowest BCUT2D eigenvalue weighted by atomic mass is 9.85. The van der Waals surface area contributed by atoms with E-state index in [2.05, 4.69) is 0 Å². The summed E-state index contributed by atoms with van der Waals surface area (Å²) in [6.45, 7) is 12.8. The highest BCUT2D eigenvalue weighted by molar-refractivity contribution is 6.61. The van der Waals surface area contributed by atoms with Gasteiger partial charge in [-0.1, -0.05) is 177 Å². The van der Waals surface area contributed by atoms with E-state index in [0.29, 0.717) is 22.3 Å². The van der Waals surface area contributed by atoms with Crippen molar-refractivity contribution in [3.8, 4) is 0 Å². The van der Waals surface area contributed by atoms with Gasteiger partial charge in [0, 0.05) is 0 Å². The van der Waals surface area contributed by atoms with E-state index in [1.807, 2.05) is 79.7 Å². The molecule has 4 aromatic rings. The molecule has 0 aromatic heterocycles. The molecule has 7 heteroatoms. The third kappa shape index (κ3) is 6.58. The Hall–Kier alpha value is -4.20. The van der Waals surface area contributed by atoms with Crippen LogP contribution in [0.3, 0.4) is 0 Å². The standard InChI is InChI=1S/C28H20BO6.4C2H6/c30-25-27(21-13-5-1-6-14-21,22-15-7-2-8-16-22)34-29(32-25)33-26(31)28(35-29,23-17-9-3-10-18-23)24-19-11-4-12-20-24;4*1-2/h1-20H;4*1-2H3/q-1;;;;. The summed E-state index contributed by atoms with van der Waals surface area (Å²) in [4.78, 5) is 27.3. The van der Waals surface area contributed by atoms with Gasteiger partial charge in [-0.3, -0.25) is 9.59 Å². The second kappa shape index (κ2) is 16.4. The third-order valence-electron chi connectivity index (χ3n) is 6.44. The molecule has 43 heavy (non-hydrogen) atoms. The molecule has 228 valence electrons. The van der Waals surface area contributed by atoms with E-state index >= 15 is 0 Å². The van der Waals surface area contributed by atoms with Crippen LogP contribution in [-0.4, -0.2) is 18.9 Å².